The Bertz CT molecular complexity index is 442. The second-order valence-electron chi connectivity index (χ2n) is 3.12. The Hall–Kier alpha value is -1.75. The lowest BCUT2D eigenvalue weighted by Crippen LogP contribution is -1.97. The molecule has 0 unspecified atom stereocenters. The molecule has 0 amide bonds. The highest BCUT2D eigenvalue weighted by Crippen LogP contribution is 2.21. The Balaban J connectivity index is 2.02. The van der Waals surface area contributed by atoms with Crippen molar-refractivity contribution in [2.24, 2.45) is 0 Å². The number of rotatable bonds is 3. The van der Waals surface area contributed by atoms with Gasteiger partial charge in [0.1, 0.15) is 10.8 Å². The SMILES string of the molecule is Nc1ccc(CNc2ccns2)cc1O. The third-order valence-electron chi connectivity index (χ3n) is 2.00. The Morgan fingerprint density at radius 2 is 2.27 bits per heavy atom. The maximum absolute atomic E-state index is 9.39. The van der Waals surface area contributed by atoms with Gasteiger partial charge in [-0.15, -0.1) is 0 Å². The molecule has 15 heavy (non-hydrogen) atoms. The summed E-state index contributed by atoms with van der Waals surface area (Å²) in [4.78, 5) is 0. The maximum atomic E-state index is 9.39. The zero-order chi connectivity index (χ0) is 10.7. The van der Waals surface area contributed by atoms with Crippen LogP contribution in [0.5, 0.6) is 5.75 Å². The first-order chi connectivity index (χ1) is 7.25. The first-order valence-electron chi connectivity index (χ1n) is 4.47. The number of nitrogens with two attached hydrogens (primary N) is 1. The van der Waals surface area contributed by atoms with Crippen molar-refractivity contribution in [1.82, 2.24) is 4.37 Å². The molecule has 0 fully saturated rings. The van der Waals surface area contributed by atoms with E-state index in [1.165, 1.54) is 11.5 Å². The quantitative estimate of drug-likeness (QED) is 0.548. The third-order valence-corrected chi connectivity index (χ3v) is 2.70. The number of aromatic nitrogens is 1. The fraction of sp³-hybridized carbons (Fsp3) is 0.100. The average molecular weight is 221 g/mol. The maximum Gasteiger partial charge on any atom is 0.138 e. The molecular weight excluding hydrogens is 210 g/mol. The van der Waals surface area contributed by atoms with Gasteiger partial charge in [0.2, 0.25) is 0 Å². The van der Waals surface area contributed by atoms with Gasteiger partial charge in [-0.25, -0.2) is 0 Å². The summed E-state index contributed by atoms with van der Waals surface area (Å²) in [6.45, 7) is 0.649. The van der Waals surface area contributed by atoms with Gasteiger partial charge in [0.25, 0.3) is 0 Å². The molecule has 0 aliphatic carbocycles. The standard InChI is InChI=1S/C10H11N3OS/c11-8-2-1-7(5-9(8)14)6-12-10-3-4-13-15-10/h1-5,12,14H,6,11H2. The van der Waals surface area contributed by atoms with E-state index < -0.39 is 0 Å². The number of aromatic hydroxyl groups is 1. The highest BCUT2D eigenvalue weighted by atomic mass is 32.1. The van der Waals surface area contributed by atoms with E-state index in [4.69, 9.17) is 5.73 Å². The topological polar surface area (TPSA) is 71.2 Å². The van der Waals surface area contributed by atoms with Gasteiger partial charge >= 0.3 is 0 Å². The van der Waals surface area contributed by atoms with Crippen LogP contribution >= 0.6 is 11.5 Å². The zero-order valence-corrected chi connectivity index (χ0v) is 8.79. The van der Waals surface area contributed by atoms with E-state index in [1.54, 1.807) is 18.3 Å². The van der Waals surface area contributed by atoms with Gasteiger partial charge in [0, 0.05) is 12.7 Å². The second kappa shape index (κ2) is 4.18. The first-order valence-corrected chi connectivity index (χ1v) is 5.25. The summed E-state index contributed by atoms with van der Waals surface area (Å²) in [6.07, 6.45) is 1.74. The van der Waals surface area contributed by atoms with Gasteiger partial charge < -0.3 is 16.2 Å². The molecule has 4 N–H and O–H groups in total. The zero-order valence-electron chi connectivity index (χ0n) is 7.97. The number of anilines is 2. The van der Waals surface area contributed by atoms with Gasteiger partial charge in [-0.3, -0.25) is 0 Å². The van der Waals surface area contributed by atoms with Crippen LogP contribution in [-0.2, 0) is 6.54 Å². The van der Waals surface area contributed by atoms with Gasteiger partial charge in [-0.2, -0.15) is 4.37 Å². The number of benzene rings is 1. The molecule has 1 aromatic carbocycles. The molecular formula is C10H11N3OS. The number of phenols is 1. The first kappa shape index (κ1) is 9.79. The molecule has 2 rings (SSSR count). The van der Waals surface area contributed by atoms with Crippen molar-refractivity contribution >= 4 is 22.2 Å². The van der Waals surface area contributed by atoms with Gasteiger partial charge in [0.15, 0.2) is 0 Å². The Kier molecular flexibility index (Phi) is 2.73. The predicted octanol–water partition coefficient (Wildman–Crippen LogP) is 2.04. The largest absolute Gasteiger partial charge is 0.506 e. The van der Waals surface area contributed by atoms with Gasteiger partial charge in [0.05, 0.1) is 5.69 Å². The Labute approximate surface area is 91.5 Å². The number of nitrogen functional groups attached to an aromatic ring is 1. The molecule has 4 nitrogen and oxygen atoms in total. The van der Waals surface area contributed by atoms with Crippen molar-refractivity contribution in [3.63, 3.8) is 0 Å². The summed E-state index contributed by atoms with van der Waals surface area (Å²) >= 11 is 1.40. The van der Waals surface area contributed by atoms with Crippen LogP contribution in [0.4, 0.5) is 10.7 Å². The number of nitrogens with one attached hydrogen (secondary N) is 1. The van der Waals surface area contributed by atoms with Crippen LogP contribution in [0.1, 0.15) is 5.56 Å². The van der Waals surface area contributed by atoms with Crippen molar-refractivity contribution in [1.29, 1.82) is 0 Å². The molecule has 0 radical (unpaired) electrons. The normalized spacial score (nSPS) is 10.1. The lowest BCUT2D eigenvalue weighted by atomic mass is 10.2. The minimum atomic E-state index is 0.124. The Morgan fingerprint density at radius 3 is 2.93 bits per heavy atom. The van der Waals surface area contributed by atoms with Crippen LogP contribution in [0.3, 0.4) is 0 Å². The van der Waals surface area contributed by atoms with Crippen molar-refractivity contribution in [2.75, 3.05) is 11.1 Å². The molecule has 0 aliphatic heterocycles. The van der Waals surface area contributed by atoms with Crippen LogP contribution in [0.25, 0.3) is 0 Å². The van der Waals surface area contributed by atoms with E-state index in [1.807, 2.05) is 12.1 Å². The smallest absolute Gasteiger partial charge is 0.138 e. The molecule has 1 aromatic heterocycles. The number of nitrogens with zero attached hydrogens (tertiary/aromatic N) is 1. The van der Waals surface area contributed by atoms with E-state index in [0.29, 0.717) is 12.2 Å². The van der Waals surface area contributed by atoms with E-state index in [2.05, 4.69) is 9.69 Å². The number of hydrogen-bond donors (Lipinski definition) is 3. The minimum absolute atomic E-state index is 0.124. The lowest BCUT2D eigenvalue weighted by molar-refractivity contribution is 0.477. The van der Waals surface area contributed by atoms with Crippen LogP contribution in [0, 0.1) is 0 Å². The monoisotopic (exact) mass is 221 g/mol. The summed E-state index contributed by atoms with van der Waals surface area (Å²) in [5.74, 6) is 0.124. The van der Waals surface area contributed by atoms with Crippen molar-refractivity contribution in [3.05, 3.63) is 36.0 Å². The Morgan fingerprint density at radius 1 is 1.40 bits per heavy atom. The summed E-state index contributed by atoms with van der Waals surface area (Å²) in [6, 6.07) is 7.13. The van der Waals surface area contributed by atoms with E-state index in [-0.39, 0.29) is 5.75 Å². The van der Waals surface area contributed by atoms with E-state index in [0.717, 1.165) is 10.6 Å². The third kappa shape index (κ3) is 2.38. The van der Waals surface area contributed by atoms with Crippen LogP contribution in [0.15, 0.2) is 30.5 Å². The molecule has 0 saturated carbocycles. The molecule has 78 valence electrons. The minimum Gasteiger partial charge on any atom is -0.506 e. The molecule has 2 aromatic rings. The van der Waals surface area contributed by atoms with Crippen LogP contribution in [0.2, 0.25) is 0 Å². The molecule has 0 spiro atoms. The fourth-order valence-electron chi connectivity index (χ4n) is 1.20. The van der Waals surface area contributed by atoms with Crippen LogP contribution < -0.4 is 11.1 Å². The molecule has 0 saturated heterocycles. The van der Waals surface area contributed by atoms with Gasteiger partial charge in [-0.05, 0) is 35.3 Å². The average Bonchev–Trinajstić information content (AvgIpc) is 2.73. The van der Waals surface area contributed by atoms with E-state index in [9.17, 15) is 5.11 Å². The summed E-state index contributed by atoms with van der Waals surface area (Å²) in [7, 11) is 0. The summed E-state index contributed by atoms with van der Waals surface area (Å²) < 4.78 is 3.98. The van der Waals surface area contributed by atoms with Crippen molar-refractivity contribution in [3.8, 4) is 5.75 Å². The summed E-state index contributed by atoms with van der Waals surface area (Å²) in [5, 5.41) is 13.6. The molecule has 0 bridgehead atoms. The van der Waals surface area contributed by atoms with Crippen LogP contribution in [-0.4, -0.2) is 9.48 Å². The summed E-state index contributed by atoms with van der Waals surface area (Å²) in [5.41, 5.74) is 6.88. The number of hydrogen-bond acceptors (Lipinski definition) is 5. The highest BCUT2D eigenvalue weighted by Gasteiger charge is 1.99. The van der Waals surface area contributed by atoms with Gasteiger partial charge in [-0.1, -0.05) is 6.07 Å². The van der Waals surface area contributed by atoms with Crippen molar-refractivity contribution < 1.29 is 5.11 Å². The fourth-order valence-corrected chi connectivity index (χ4v) is 1.69. The number of phenolic OH excluding ortho intramolecular Hbond substituents is 1. The molecule has 1 heterocycles. The van der Waals surface area contributed by atoms with E-state index >= 15 is 0 Å². The lowest BCUT2D eigenvalue weighted by Gasteiger charge is -2.05. The molecule has 0 atom stereocenters. The molecule has 5 heteroatoms. The second-order valence-corrected chi connectivity index (χ2v) is 3.96. The highest BCUT2D eigenvalue weighted by molar-refractivity contribution is 7.10. The van der Waals surface area contributed by atoms with Crippen molar-refractivity contribution in [2.45, 2.75) is 6.54 Å². The predicted molar refractivity (Wildman–Crippen MR) is 62.0 cm³/mol. The molecule has 0 aliphatic rings.